The monoisotopic (exact) mass is 480 g/mol. The Bertz CT molecular complexity index is 1000. The minimum Gasteiger partial charge on any atom is -0.459 e. The Balaban J connectivity index is 1.77. The first kappa shape index (κ1) is 26.3. The first-order valence-electron chi connectivity index (χ1n) is 12.1. The molecule has 0 bridgehead atoms. The third-order valence-electron chi connectivity index (χ3n) is 5.90. The number of carbonyl (C=O) groups excluding carboxylic acids is 3. The second kappa shape index (κ2) is 11.4. The molecule has 1 aliphatic carbocycles. The molecule has 0 heterocycles. The van der Waals surface area contributed by atoms with Crippen molar-refractivity contribution in [2.45, 2.75) is 71.8 Å². The van der Waals surface area contributed by atoms with Crippen LogP contribution in [0.2, 0.25) is 0 Å². The largest absolute Gasteiger partial charge is 0.459 e. The van der Waals surface area contributed by atoms with Crippen LogP contribution >= 0.6 is 0 Å². The van der Waals surface area contributed by atoms with Crippen molar-refractivity contribution in [3.05, 3.63) is 71.3 Å². The predicted molar refractivity (Wildman–Crippen MR) is 134 cm³/mol. The number of hydrogen-bond acceptors (Lipinski definition) is 5. The Morgan fingerprint density at radius 2 is 1.54 bits per heavy atom. The molecule has 2 aromatic carbocycles. The van der Waals surface area contributed by atoms with E-state index in [9.17, 15) is 14.4 Å². The van der Waals surface area contributed by atoms with Gasteiger partial charge in [-0.3, -0.25) is 9.59 Å². The Morgan fingerprint density at radius 3 is 2.09 bits per heavy atom. The number of nitrogens with zero attached hydrogens (tertiary/aromatic N) is 1. The van der Waals surface area contributed by atoms with Gasteiger partial charge in [0, 0.05) is 6.04 Å². The van der Waals surface area contributed by atoms with Crippen LogP contribution in [0.15, 0.2) is 54.6 Å². The van der Waals surface area contributed by atoms with E-state index >= 15 is 0 Å². The zero-order valence-corrected chi connectivity index (χ0v) is 21.2. The van der Waals surface area contributed by atoms with Gasteiger partial charge in [0.1, 0.15) is 24.8 Å². The minimum absolute atomic E-state index is 0.135. The zero-order valence-electron chi connectivity index (χ0n) is 21.2. The van der Waals surface area contributed by atoms with Crippen molar-refractivity contribution in [1.82, 2.24) is 10.2 Å². The maximum atomic E-state index is 13.8. The number of carbonyl (C=O) groups is 3. The van der Waals surface area contributed by atoms with Crippen LogP contribution in [0, 0.1) is 5.92 Å². The van der Waals surface area contributed by atoms with Crippen molar-refractivity contribution in [1.29, 1.82) is 0 Å². The summed E-state index contributed by atoms with van der Waals surface area (Å²) in [6, 6.07) is 16.4. The molecule has 7 heteroatoms. The second-order valence-corrected chi connectivity index (χ2v) is 10.3. The van der Waals surface area contributed by atoms with Crippen LogP contribution in [0.4, 0.5) is 4.79 Å². The topological polar surface area (TPSA) is 84.9 Å². The van der Waals surface area contributed by atoms with Crippen LogP contribution in [-0.4, -0.2) is 47.1 Å². The van der Waals surface area contributed by atoms with E-state index in [0.29, 0.717) is 12.8 Å². The Morgan fingerprint density at radius 1 is 0.971 bits per heavy atom. The first-order valence-corrected chi connectivity index (χ1v) is 12.1. The molecule has 1 aliphatic rings. The number of ether oxygens (including phenoxy) is 2. The molecule has 188 valence electrons. The lowest BCUT2D eigenvalue weighted by Crippen LogP contribution is -2.56. The molecular weight excluding hydrogens is 444 g/mol. The van der Waals surface area contributed by atoms with Gasteiger partial charge in [0.25, 0.3) is 0 Å². The second-order valence-electron chi connectivity index (χ2n) is 10.3. The maximum Gasteiger partial charge on any atom is 0.408 e. The predicted octanol–water partition coefficient (Wildman–Crippen LogP) is 4.28. The Labute approximate surface area is 207 Å². The molecule has 0 radical (unpaired) electrons. The summed E-state index contributed by atoms with van der Waals surface area (Å²) in [5, 5.41) is 2.72. The fourth-order valence-corrected chi connectivity index (χ4v) is 4.19. The summed E-state index contributed by atoms with van der Waals surface area (Å²) in [5.41, 5.74) is 2.50. The molecule has 3 rings (SSSR count). The van der Waals surface area contributed by atoms with Gasteiger partial charge in [-0.25, -0.2) is 4.79 Å². The molecule has 0 unspecified atom stereocenters. The number of hydrogen-bond donors (Lipinski definition) is 1. The van der Waals surface area contributed by atoms with Crippen molar-refractivity contribution in [2.75, 3.05) is 6.54 Å². The van der Waals surface area contributed by atoms with Gasteiger partial charge in [-0.1, -0.05) is 68.4 Å². The fourth-order valence-electron chi connectivity index (χ4n) is 4.19. The molecular formula is C28H36N2O5. The highest BCUT2D eigenvalue weighted by Crippen LogP contribution is 2.26. The molecule has 2 amide bonds. The highest BCUT2D eigenvalue weighted by molar-refractivity contribution is 5.89. The maximum absolute atomic E-state index is 13.8. The van der Waals surface area contributed by atoms with E-state index in [1.165, 1.54) is 0 Å². The third kappa shape index (κ3) is 7.57. The van der Waals surface area contributed by atoms with Gasteiger partial charge in [0.15, 0.2) is 0 Å². The van der Waals surface area contributed by atoms with Crippen molar-refractivity contribution >= 4 is 18.0 Å². The summed E-state index contributed by atoms with van der Waals surface area (Å²) in [6.07, 6.45) is 0.627. The Hall–Kier alpha value is -3.35. The lowest BCUT2D eigenvalue weighted by atomic mass is 10.0. The van der Waals surface area contributed by atoms with Crippen LogP contribution in [0.25, 0.3) is 0 Å². The molecule has 0 aliphatic heterocycles. The van der Waals surface area contributed by atoms with Gasteiger partial charge in [-0.15, -0.1) is 0 Å². The van der Waals surface area contributed by atoms with Crippen molar-refractivity contribution in [3.63, 3.8) is 0 Å². The molecule has 35 heavy (non-hydrogen) atoms. The molecule has 0 fully saturated rings. The lowest BCUT2D eigenvalue weighted by Gasteiger charge is -2.33. The van der Waals surface area contributed by atoms with E-state index in [2.05, 4.69) is 5.32 Å². The molecule has 1 atom stereocenters. The number of nitrogens with one attached hydrogen (secondary N) is 1. The average Bonchev–Trinajstić information content (AvgIpc) is 3.22. The van der Waals surface area contributed by atoms with Crippen LogP contribution in [-0.2, 0) is 38.5 Å². The molecule has 7 nitrogen and oxygen atoms in total. The van der Waals surface area contributed by atoms with Crippen molar-refractivity contribution in [2.24, 2.45) is 5.92 Å². The number of amides is 2. The van der Waals surface area contributed by atoms with E-state index in [-0.39, 0.29) is 31.0 Å². The molecule has 1 N–H and O–H groups in total. The van der Waals surface area contributed by atoms with Gasteiger partial charge >= 0.3 is 12.1 Å². The summed E-state index contributed by atoms with van der Waals surface area (Å²) in [7, 11) is 0. The zero-order chi connectivity index (χ0) is 25.6. The molecule has 0 saturated carbocycles. The average molecular weight is 481 g/mol. The SMILES string of the molecule is CC(C)[C@H](NC(=O)OC(C)(C)C)C(=O)N(CC(=O)OCc1ccccc1)C1Cc2ccccc2C1. The number of fused-ring (bicyclic) bond motifs is 1. The van der Waals surface area contributed by atoms with Crippen LogP contribution < -0.4 is 5.32 Å². The summed E-state index contributed by atoms with van der Waals surface area (Å²) in [5.74, 6) is -1.01. The van der Waals surface area contributed by atoms with Crippen molar-refractivity contribution < 1.29 is 23.9 Å². The van der Waals surface area contributed by atoms with Crippen LogP contribution in [0.5, 0.6) is 0 Å². The first-order chi connectivity index (χ1) is 16.5. The molecule has 2 aromatic rings. The molecule has 0 saturated heterocycles. The van der Waals surface area contributed by atoms with Gasteiger partial charge in [-0.05, 0) is 56.2 Å². The van der Waals surface area contributed by atoms with E-state index in [4.69, 9.17) is 9.47 Å². The summed E-state index contributed by atoms with van der Waals surface area (Å²) >= 11 is 0. The third-order valence-corrected chi connectivity index (χ3v) is 5.90. The standard InChI is InChI=1S/C28H36N2O5/c1-19(2)25(29-27(33)35-28(3,4)5)26(32)30(23-15-21-13-9-10-14-22(21)16-23)17-24(31)34-18-20-11-7-6-8-12-20/h6-14,19,23,25H,15-18H2,1-5H3,(H,29,33)/t25-/m0/s1. The molecule has 0 spiro atoms. The highest BCUT2D eigenvalue weighted by Gasteiger charge is 2.37. The lowest BCUT2D eigenvalue weighted by molar-refractivity contribution is -0.152. The number of rotatable bonds is 8. The number of esters is 1. The molecule has 0 aromatic heterocycles. The van der Waals surface area contributed by atoms with Gasteiger partial charge < -0.3 is 19.7 Å². The van der Waals surface area contributed by atoms with E-state index in [1.54, 1.807) is 25.7 Å². The van der Waals surface area contributed by atoms with Crippen LogP contribution in [0.1, 0.15) is 51.3 Å². The van der Waals surface area contributed by atoms with E-state index in [1.807, 2.05) is 68.4 Å². The summed E-state index contributed by atoms with van der Waals surface area (Å²) < 4.78 is 10.9. The van der Waals surface area contributed by atoms with Crippen molar-refractivity contribution in [3.8, 4) is 0 Å². The highest BCUT2D eigenvalue weighted by atomic mass is 16.6. The minimum atomic E-state index is -0.838. The summed E-state index contributed by atoms with van der Waals surface area (Å²) in [6.45, 7) is 8.96. The van der Waals surface area contributed by atoms with Gasteiger partial charge in [-0.2, -0.15) is 0 Å². The Kier molecular flexibility index (Phi) is 8.54. The summed E-state index contributed by atoms with van der Waals surface area (Å²) in [4.78, 5) is 40.7. The normalized spacial score (nSPS) is 14.2. The van der Waals surface area contributed by atoms with E-state index in [0.717, 1.165) is 16.7 Å². The number of benzene rings is 2. The van der Waals surface area contributed by atoms with Gasteiger partial charge in [0.2, 0.25) is 5.91 Å². The van der Waals surface area contributed by atoms with E-state index < -0.39 is 23.7 Å². The number of alkyl carbamates (subject to hydrolysis) is 1. The van der Waals surface area contributed by atoms with Crippen LogP contribution in [0.3, 0.4) is 0 Å². The quantitative estimate of drug-likeness (QED) is 0.570. The van der Waals surface area contributed by atoms with Gasteiger partial charge in [0.05, 0.1) is 0 Å². The fraction of sp³-hybridized carbons (Fsp3) is 0.464. The smallest absolute Gasteiger partial charge is 0.408 e.